The Balaban J connectivity index is 5.49. The van der Waals surface area contributed by atoms with E-state index in [1.54, 1.807) is 0 Å². The molecular formula is C23H45N9O6. The largest absolute Gasteiger partial charge is 0.480 e. The third kappa shape index (κ3) is 15.6. The predicted octanol–water partition coefficient (Wildman–Crippen LogP) is -2.65. The maximum absolute atomic E-state index is 13.1. The number of hydrogen-bond donors (Lipinski definition) is 9. The van der Waals surface area contributed by atoms with Crippen LogP contribution in [0.4, 0.5) is 0 Å². The molecule has 0 saturated carbocycles. The van der Waals surface area contributed by atoms with Crippen molar-refractivity contribution in [3.05, 3.63) is 0 Å². The zero-order valence-electron chi connectivity index (χ0n) is 22.3. The van der Waals surface area contributed by atoms with Crippen molar-refractivity contribution in [3.8, 4) is 0 Å². The summed E-state index contributed by atoms with van der Waals surface area (Å²) in [6.45, 7) is 4.27. The van der Waals surface area contributed by atoms with Crippen molar-refractivity contribution in [1.29, 1.82) is 0 Å². The van der Waals surface area contributed by atoms with Crippen molar-refractivity contribution in [2.24, 2.45) is 39.6 Å². The molecule has 15 nitrogen and oxygen atoms in total. The first-order valence-electron chi connectivity index (χ1n) is 12.7. The molecule has 0 aromatic heterocycles. The molecule has 15 heteroatoms. The lowest BCUT2D eigenvalue weighted by Crippen LogP contribution is -2.57. The average molecular weight is 544 g/mol. The van der Waals surface area contributed by atoms with Gasteiger partial charge in [0.2, 0.25) is 23.6 Å². The van der Waals surface area contributed by atoms with Gasteiger partial charge in [0.05, 0.1) is 6.04 Å². The number of rotatable bonds is 20. The Hall–Kier alpha value is -3.46. The third-order valence-corrected chi connectivity index (χ3v) is 5.52. The van der Waals surface area contributed by atoms with Gasteiger partial charge >= 0.3 is 5.97 Å². The Morgan fingerprint density at radius 2 is 1.34 bits per heavy atom. The molecule has 0 spiro atoms. The molecule has 0 aliphatic heterocycles. The number of nitrogens with one attached hydrogen (secondary N) is 3. The number of nitrogens with two attached hydrogens (primary N) is 5. The highest BCUT2D eigenvalue weighted by molar-refractivity contribution is 5.94. The fraction of sp³-hybridized carbons (Fsp3) is 0.739. The number of nitrogens with zero attached hydrogens (tertiary/aromatic N) is 1. The Morgan fingerprint density at radius 3 is 1.87 bits per heavy atom. The van der Waals surface area contributed by atoms with Crippen LogP contribution >= 0.6 is 0 Å². The van der Waals surface area contributed by atoms with E-state index in [1.165, 1.54) is 0 Å². The number of carboxylic acids is 1. The number of aliphatic imine (C=N–C) groups is 1. The molecule has 0 rings (SSSR count). The van der Waals surface area contributed by atoms with Gasteiger partial charge in [0.1, 0.15) is 18.1 Å². The van der Waals surface area contributed by atoms with E-state index in [0.29, 0.717) is 25.8 Å². The van der Waals surface area contributed by atoms with Gasteiger partial charge in [0.15, 0.2) is 5.96 Å². The first-order chi connectivity index (χ1) is 17.8. The number of guanidine groups is 1. The summed E-state index contributed by atoms with van der Waals surface area (Å²) < 4.78 is 0. The Bertz CT molecular complexity index is 817. The standard InChI is InChI=1S/C23H45N9O6/c1-13(2)12-17(32-19(34)14(25)8-9-18(26)33)21(36)30-15(6-3-4-10-24)20(35)31-16(22(37)38)7-5-11-29-23(27)28/h13-17H,3-12,24-25H2,1-2H3,(H2,26,33)(H,30,36)(H,31,35)(H,32,34)(H,37,38)(H4,27,28,29). The summed E-state index contributed by atoms with van der Waals surface area (Å²) >= 11 is 0. The average Bonchev–Trinajstić information content (AvgIpc) is 2.82. The molecular weight excluding hydrogens is 498 g/mol. The molecule has 0 aliphatic carbocycles. The fourth-order valence-electron chi connectivity index (χ4n) is 3.48. The van der Waals surface area contributed by atoms with Crippen molar-refractivity contribution in [3.63, 3.8) is 0 Å². The SMILES string of the molecule is CC(C)CC(NC(=O)C(N)CCC(N)=O)C(=O)NC(CCCCN)C(=O)NC(CCCN=C(N)N)C(=O)O. The molecule has 4 unspecified atom stereocenters. The Morgan fingerprint density at radius 1 is 0.789 bits per heavy atom. The van der Waals surface area contributed by atoms with Crippen LogP contribution in [-0.2, 0) is 24.0 Å². The van der Waals surface area contributed by atoms with Crippen LogP contribution < -0.4 is 44.6 Å². The van der Waals surface area contributed by atoms with Crippen LogP contribution in [0.25, 0.3) is 0 Å². The fourth-order valence-corrected chi connectivity index (χ4v) is 3.48. The summed E-state index contributed by atoms with van der Waals surface area (Å²) in [4.78, 5) is 65.1. The van der Waals surface area contributed by atoms with E-state index in [2.05, 4.69) is 20.9 Å². The zero-order chi connectivity index (χ0) is 29.3. The smallest absolute Gasteiger partial charge is 0.326 e. The van der Waals surface area contributed by atoms with Crippen molar-refractivity contribution in [2.75, 3.05) is 13.1 Å². The highest BCUT2D eigenvalue weighted by Gasteiger charge is 2.30. The minimum atomic E-state index is -1.25. The van der Waals surface area contributed by atoms with Crippen LogP contribution in [0.15, 0.2) is 4.99 Å². The molecule has 0 aliphatic rings. The normalized spacial score (nSPS) is 14.0. The maximum Gasteiger partial charge on any atom is 0.326 e. The summed E-state index contributed by atoms with van der Waals surface area (Å²) in [6, 6.07) is -4.35. The first-order valence-corrected chi connectivity index (χ1v) is 12.7. The zero-order valence-corrected chi connectivity index (χ0v) is 22.3. The van der Waals surface area contributed by atoms with Gasteiger partial charge in [0.25, 0.3) is 0 Å². The number of carbonyl (C=O) groups excluding carboxylic acids is 4. The number of primary amides is 1. The summed E-state index contributed by atoms with van der Waals surface area (Å²) in [7, 11) is 0. The minimum Gasteiger partial charge on any atom is -0.480 e. The predicted molar refractivity (Wildman–Crippen MR) is 142 cm³/mol. The van der Waals surface area contributed by atoms with Gasteiger partial charge in [-0.3, -0.25) is 24.2 Å². The molecule has 218 valence electrons. The first kappa shape index (κ1) is 34.5. The van der Waals surface area contributed by atoms with Crippen molar-refractivity contribution < 1.29 is 29.1 Å². The third-order valence-electron chi connectivity index (χ3n) is 5.52. The van der Waals surface area contributed by atoms with Crippen LogP contribution in [0.3, 0.4) is 0 Å². The van der Waals surface area contributed by atoms with Crippen molar-refractivity contribution >= 4 is 35.6 Å². The second-order valence-corrected chi connectivity index (χ2v) is 9.50. The quantitative estimate of drug-likeness (QED) is 0.0436. The van der Waals surface area contributed by atoms with E-state index in [-0.39, 0.29) is 50.5 Å². The number of carbonyl (C=O) groups is 5. The van der Waals surface area contributed by atoms with Gasteiger partial charge in [-0.1, -0.05) is 13.8 Å². The van der Waals surface area contributed by atoms with E-state index in [4.69, 9.17) is 28.7 Å². The highest BCUT2D eigenvalue weighted by atomic mass is 16.4. The molecule has 0 bridgehead atoms. The lowest BCUT2D eigenvalue weighted by Gasteiger charge is -2.26. The van der Waals surface area contributed by atoms with Crippen LogP contribution in [-0.4, -0.2) is 77.9 Å². The lowest BCUT2D eigenvalue weighted by molar-refractivity contribution is -0.142. The van der Waals surface area contributed by atoms with E-state index in [9.17, 15) is 29.1 Å². The van der Waals surface area contributed by atoms with E-state index in [1.807, 2.05) is 13.8 Å². The molecule has 38 heavy (non-hydrogen) atoms. The maximum atomic E-state index is 13.1. The Kier molecular flexibility index (Phi) is 17.0. The number of hydrogen-bond acceptors (Lipinski definition) is 8. The van der Waals surface area contributed by atoms with E-state index in [0.717, 1.165) is 0 Å². The van der Waals surface area contributed by atoms with Crippen LogP contribution in [0.2, 0.25) is 0 Å². The van der Waals surface area contributed by atoms with Gasteiger partial charge in [0, 0.05) is 13.0 Å². The van der Waals surface area contributed by atoms with Gasteiger partial charge < -0.3 is 49.7 Å². The van der Waals surface area contributed by atoms with Crippen molar-refractivity contribution in [1.82, 2.24) is 16.0 Å². The second kappa shape index (κ2) is 18.7. The summed E-state index contributed by atoms with van der Waals surface area (Å²) in [5, 5.41) is 17.2. The highest BCUT2D eigenvalue weighted by Crippen LogP contribution is 2.09. The molecule has 0 heterocycles. The molecule has 0 aromatic rings. The van der Waals surface area contributed by atoms with Crippen LogP contribution in [0, 0.1) is 5.92 Å². The van der Waals surface area contributed by atoms with Gasteiger partial charge in [-0.2, -0.15) is 0 Å². The summed E-state index contributed by atoms with van der Waals surface area (Å²) in [5.74, 6) is -3.92. The summed E-state index contributed by atoms with van der Waals surface area (Å²) in [5.41, 5.74) is 27.0. The molecule has 0 radical (unpaired) electrons. The van der Waals surface area contributed by atoms with Gasteiger partial charge in [-0.15, -0.1) is 0 Å². The molecule has 14 N–H and O–H groups in total. The molecule has 4 amide bonds. The van der Waals surface area contributed by atoms with Crippen LogP contribution in [0.1, 0.15) is 65.2 Å². The molecule has 0 fully saturated rings. The second-order valence-electron chi connectivity index (χ2n) is 9.50. The topological polar surface area (TPSA) is 284 Å². The van der Waals surface area contributed by atoms with Crippen LogP contribution in [0.5, 0.6) is 0 Å². The Labute approximate surface area is 223 Å². The lowest BCUT2D eigenvalue weighted by atomic mass is 10.0. The van der Waals surface area contributed by atoms with Gasteiger partial charge in [-0.25, -0.2) is 4.79 Å². The number of unbranched alkanes of at least 4 members (excludes halogenated alkanes) is 1. The number of aliphatic carboxylic acids is 1. The monoisotopic (exact) mass is 543 g/mol. The van der Waals surface area contributed by atoms with E-state index < -0.39 is 53.8 Å². The number of carboxylic acid groups (broad SMARTS) is 1. The van der Waals surface area contributed by atoms with Crippen molar-refractivity contribution in [2.45, 2.75) is 89.4 Å². The summed E-state index contributed by atoms with van der Waals surface area (Å²) in [6.07, 6.45) is 1.83. The minimum absolute atomic E-state index is 0.000909. The molecule has 0 aromatic carbocycles. The van der Waals surface area contributed by atoms with E-state index >= 15 is 0 Å². The van der Waals surface area contributed by atoms with Gasteiger partial charge in [-0.05, 0) is 57.4 Å². The molecule has 0 saturated heterocycles. The molecule has 4 atom stereocenters. The number of amides is 4.